The van der Waals surface area contributed by atoms with Gasteiger partial charge in [0.05, 0.1) is 10.6 Å². The van der Waals surface area contributed by atoms with Crippen LogP contribution in [-0.2, 0) is 16.6 Å². The number of benzene rings is 1. The fourth-order valence-electron chi connectivity index (χ4n) is 3.14. The molecule has 0 aliphatic heterocycles. The Balaban J connectivity index is 1.29. The second-order valence-electron chi connectivity index (χ2n) is 6.85. The van der Waals surface area contributed by atoms with Crippen LogP contribution in [0, 0.1) is 5.95 Å². The first-order valence-electron chi connectivity index (χ1n) is 9.63. The van der Waals surface area contributed by atoms with Crippen LogP contribution in [0.4, 0.5) is 4.39 Å². The highest BCUT2D eigenvalue weighted by Gasteiger charge is 2.16. The molecule has 0 fully saturated rings. The number of fused-ring (bicyclic) bond motifs is 1. The molecule has 0 saturated carbocycles. The summed E-state index contributed by atoms with van der Waals surface area (Å²) in [5.41, 5.74) is 2.39. The lowest BCUT2D eigenvalue weighted by atomic mass is 10.1. The molecule has 0 spiro atoms. The Labute approximate surface area is 179 Å². The van der Waals surface area contributed by atoms with Gasteiger partial charge in [-0.1, -0.05) is 18.2 Å². The van der Waals surface area contributed by atoms with Gasteiger partial charge in [0.2, 0.25) is 16.0 Å². The summed E-state index contributed by atoms with van der Waals surface area (Å²) >= 11 is 0. The first kappa shape index (κ1) is 21.0. The molecule has 0 amide bonds. The van der Waals surface area contributed by atoms with E-state index in [2.05, 4.69) is 25.0 Å². The molecule has 0 radical (unpaired) electrons. The van der Waals surface area contributed by atoms with Crippen LogP contribution in [0.5, 0.6) is 0 Å². The quantitative estimate of drug-likeness (QED) is 0.325. The average molecular weight is 438 g/mol. The molecule has 0 aliphatic rings. The van der Waals surface area contributed by atoms with E-state index in [1.165, 1.54) is 12.3 Å². The largest absolute Gasteiger partial charge is 0.311 e. The van der Waals surface area contributed by atoms with Crippen molar-refractivity contribution in [2.45, 2.75) is 11.4 Å². The second-order valence-corrected chi connectivity index (χ2v) is 8.58. The molecule has 3 aromatic heterocycles. The molecule has 158 valence electrons. The first-order chi connectivity index (χ1) is 15.0. The predicted molar refractivity (Wildman–Crippen MR) is 116 cm³/mol. The minimum absolute atomic E-state index is 0.238. The minimum Gasteiger partial charge on any atom is -0.311 e. The normalized spacial score (nSPS) is 11.6. The summed E-state index contributed by atoms with van der Waals surface area (Å²) in [5.74, 6) is -0.530. The van der Waals surface area contributed by atoms with Gasteiger partial charge < -0.3 is 5.32 Å². The smallest absolute Gasteiger partial charge is 0.241 e. The zero-order valence-electron chi connectivity index (χ0n) is 16.5. The maximum atomic E-state index is 12.9. The third-order valence-electron chi connectivity index (χ3n) is 4.70. The van der Waals surface area contributed by atoms with Crippen molar-refractivity contribution in [1.29, 1.82) is 0 Å². The topological polar surface area (TPSA) is 96.9 Å². The lowest BCUT2D eigenvalue weighted by Gasteiger charge is -2.10. The molecule has 31 heavy (non-hydrogen) atoms. The number of hydrogen-bond acceptors (Lipinski definition) is 6. The highest BCUT2D eigenvalue weighted by Crippen LogP contribution is 2.21. The highest BCUT2D eigenvalue weighted by atomic mass is 32.2. The van der Waals surface area contributed by atoms with Gasteiger partial charge in [0.1, 0.15) is 0 Å². The molecule has 4 rings (SSSR count). The predicted octanol–water partition coefficient (Wildman–Crippen LogP) is 2.90. The third-order valence-corrected chi connectivity index (χ3v) is 6.22. The molecule has 9 heteroatoms. The maximum absolute atomic E-state index is 12.9. The number of rotatable bonds is 8. The van der Waals surface area contributed by atoms with E-state index in [1.807, 2.05) is 18.2 Å². The van der Waals surface area contributed by atoms with Gasteiger partial charge in [-0.05, 0) is 35.9 Å². The third kappa shape index (κ3) is 5.08. The molecule has 0 aliphatic carbocycles. The zero-order valence-corrected chi connectivity index (χ0v) is 17.3. The standard InChI is InChI=1S/C22H20FN5O2S/c23-22-7-5-18(15-27-22)20-6-4-16(13-26-20)12-25-10-11-28-31(29,30)21-3-1-2-17-14-24-9-8-19(17)21/h1-9,13-15,25,28H,10-12H2. The number of hydrogen-bond donors (Lipinski definition) is 2. The summed E-state index contributed by atoms with van der Waals surface area (Å²) in [4.78, 5) is 12.3. The van der Waals surface area contributed by atoms with Gasteiger partial charge in [0, 0.05) is 60.8 Å². The fraction of sp³-hybridized carbons (Fsp3) is 0.136. The van der Waals surface area contributed by atoms with Crippen LogP contribution in [0.15, 0.2) is 78.2 Å². The van der Waals surface area contributed by atoms with Crippen molar-refractivity contribution >= 4 is 20.8 Å². The lowest BCUT2D eigenvalue weighted by Crippen LogP contribution is -2.31. The molecule has 3 heterocycles. The molecule has 0 unspecified atom stereocenters. The first-order valence-corrected chi connectivity index (χ1v) is 11.1. The Kier molecular flexibility index (Phi) is 6.26. The summed E-state index contributed by atoms with van der Waals surface area (Å²) in [6, 6.07) is 13.5. The summed E-state index contributed by atoms with van der Waals surface area (Å²) in [5, 5.41) is 4.60. The van der Waals surface area contributed by atoms with E-state index in [0.29, 0.717) is 24.2 Å². The SMILES string of the molecule is O=S(=O)(NCCNCc1ccc(-c2ccc(F)nc2)nc1)c1cccc2cnccc12. The van der Waals surface area contributed by atoms with Gasteiger partial charge in [0.25, 0.3) is 0 Å². The van der Waals surface area contributed by atoms with Crippen LogP contribution < -0.4 is 10.0 Å². The molecule has 0 saturated heterocycles. The van der Waals surface area contributed by atoms with Crippen molar-refractivity contribution in [2.24, 2.45) is 0 Å². The van der Waals surface area contributed by atoms with E-state index in [9.17, 15) is 12.8 Å². The van der Waals surface area contributed by atoms with Gasteiger partial charge in [-0.2, -0.15) is 4.39 Å². The minimum atomic E-state index is -3.63. The molecular formula is C22H20FN5O2S. The van der Waals surface area contributed by atoms with Gasteiger partial charge in [-0.3, -0.25) is 9.97 Å². The van der Waals surface area contributed by atoms with Gasteiger partial charge in [-0.15, -0.1) is 0 Å². The Morgan fingerprint density at radius 3 is 2.58 bits per heavy atom. The van der Waals surface area contributed by atoms with Crippen molar-refractivity contribution < 1.29 is 12.8 Å². The van der Waals surface area contributed by atoms with Gasteiger partial charge in [-0.25, -0.2) is 18.1 Å². The van der Waals surface area contributed by atoms with Crippen LogP contribution in [-0.4, -0.2) is 36.5 Å². The Hall–Kier alpha value is -3.27. The van der Waals surface area contributed by atoms with Crippen LogP contribution in [0.25, 0.3) is 22.0 Å². The molecule has 0 atom stereocenters. The molecule has 0 bridgehead atoms. The Bertz CT molecular complexity index is 1270. The van der Waals surface area contributed by atoms with E-state index in [0.717, 1.165) is 16.5 Å². The summed E-state index contributed by atoms with van der Waals surface area (Å²) in [6.07, 6.45) is 6.38. The molecule has 1 aromatic carbocycles. The fourth-order valence-corrected chi connectivity index (χ4v) is 4.40. The summed E-state index contributed by atoms with van der Waals surface area (Å²) < 4.78 is 40.9. The number of sulfonamides is 1. The van der Waals surface area contributed by atoms with Gasteiger partial charge >= 0.3 is 0 Å². The average Bonchev–Trinajstić information content (AvgIpc) is 2.79. The van der Waals surface area contributed by atoms with Crippen LogP contribution in [0.2, 0.25) is 0 Å². The Morgan fingerprint density at radius 1 is 0.903 bits per heavy atom. The number of halogens is 1. The zero-order chi connectivity index (χ0) is 21.7. The van der Waals surface area contributed by atoms with Crippen molar-refractivity contribution in [3.05, 3.63) is 84.8 Å². The van der Waals surface area contributed by atoms with Crippen LogP contribution in [0.3, 0.4) is 0 Å². The van der Waals surface area contributed by atoms with E-state index in [1.54, 1.807) is 42.9 Å². The highest BCUT2D eigenvalue weighted by molar-refractivity contribution is 7.89. The van der Waals surface area contributed by atoms with Crippen molar-refractivity contribution in [3.8, 4) is 11.3 Å². The second kappa shape index (κ2) is 9.25. The van der Waals surface area contributed by atoms with E-state index in [4.69, 9.17) is 0 Å². The molecule has 2 N–H and O–H groups in total. The Morgan fingerprint density at radius 2 is 1.81 bits per heavy atom. The number of aromatic nitrogens is 3. The monoisotopic (exact) mass is 437 g/mol. The van der Waals surface area contributed by atoms with Crippen molar-refractivity contribution in [1.82, 2.24) is 25.0 Å². The lowest BCUT2D eigenvalue weighted by molar-refractivity contribution is 0.576. The van der Waals surface area contributed by atoms with E-state index >= 15 is 0 Å². The summed E-state index contributed by atoms with van der Waals surface area (Å²) in [7, 11) is -3.63. The maximum Gasteiger partial charge on any atom is 0.241 e. The van der Waals surface area contributed by atoms with Crippen LogP contribution in [0.1, 0.15) is 5.56 Å². The van der Waals surface area contributed by atoms with Crippen molar-refractivity contribution in [3.63, 3.8) is 0 Å². The number of nitrogens with zero attached hydrogens (tertiary/aromatic N) is 3. The van der Waals surface area contributed by atoms with E-state index in [-0.39, 0.29) is 11.4 Å². The van der Waals surface area contributed by atoms with Gasteiger partial charge in [0.15, 0.2) is 0 Å². The molecule has 4 aromatic rings. The van der Waals surface area contributed by atoms with Crippen molar-refractivity contribution in [2.75, 3.05) is 13.1 Å². The number of nitrogens with one attached hydrogen (secondary N) is 2. The van der Waals surface area contributed by atoms with E-state index < -0.39 is 16.0 Å². The number of pyridine rings is 3. The molecule has 7 nitrogen and oxygen atoms in total. The summed E-state index contributed by atoms with van der Waals surface area (Å²) in [6.45, 7) is 1.24. The van der Waals surface area contributed by atoms with Crippen LogP contribution >= 0.6 is 0 Å². The molecular weight excluding hydrogens is 417 g/mol.